The van der Waals surface area contributed by atoms with Crippen molar-refractivity contribution in [2.75, 3.05) is 0 Å². The third-order valence-corrected chi connectivity index (χ3v) is 6.11. The van der Waals surface area contributed by atoms with Crippen molar-refractivity contribution in [3.63, 3.8) is 0 Å². The van der Waals surface area contributed by atoms with Gasteiger partial charge in [0.05, 0.1) is 15.5 Å². The average molecular weight is 397 g/mol. The van der Waals surface area contributed by atoms with E-state index in [1.54, 1.807) is 6.92 Å². The molecule has 0 saturated heterocycles. The molecule has 5 nitrogen and oxygen atoms in total. The number of carbonyl (C=O) groups is 1. The first kappa shape index (κ1) is 16.7. The molecule has 0 amide bonds. The predicted octanol–water partition coefficient (Wildman–Crippen LogP) is 3.27. The zero-order valence-corrected chi connectivity index (χ0v) is 14.4. The number of hydrogen-bond acceptors (Lipinski definition) is 3. The summed E-state index contributed by atoms with van der Waals surface area (Å²) in [5.74, 6) is -0.682. The van der Waals surface area contributed by atoms with Gasteiger partial charge >= 0.3 is 5.97 Å². The zero-order valence-electron chi connectivity index (χ0n) is 11.3. The molecule has 2 rings (SSSR count). The molecule has 1 fully saturated rings. The number of nitrogens with one attached hydrogen (secondary N) is 1. The number of aromatic carboxylic acids is 1. The third-order valence-electron chi connectivity index (χ3n) is 3.28. The first-order valence-electron chi connectivity index (χ1n) is 6.45. The van der Waals surface area contributed by atoms with Crippen LogP contribution in [-0.4, -0.2) is 25.5 Å². The van der Waals surface area contributed by atoms with Gasteiger partial charge in [0.15, 0.2) is 0 Å². The van der Waals surface area contributed by atoms with E-state index in [2.05, 4.69) is 20.7 Å². The van der Waals surface area contributed by atoms with Crippen LogP contribution < -0.4 is 4.72 Å². The van der Waals surface area contributed by atoms with Gasteiger partial charge in [-0.25, -0.2) is 17.9 Å². The maximum absolute atomic E-state index is 12.3. The Morgan fingerprint density at radius 2 is 2.14 bits per heavy atom. The minimum Gasteiger partial charge on any atom is -0.478 e. The van der Waals surface area contributed by atoms with Crippen molar-refractivity contribution in [3.05, 3.63) is 27.2 Å². The first-order chi connectivity index (χ1) is 9.70. The van der Waals surface area contributed by atoms with Gasteiger partial charge in [-0.15, -0.1) is 0 Å². The molecule has 1 aliphatic rings. The van der Waals surface area contributed by atoms with E-state index < -0.39 is 16.0 Å². The van der Waals surface area contributed by atoms with E-state index >= 15 is 0 Å². The fourth-order valence-electron chi connectivity index (χ4n) is 2.11. The van der Waals surface area contributed by atoms with Gasteiger partial charge in [-0.3, -0.25) is 0 Å². The lowest BCUT2D eigenvalue weighted by Gasteiger charge is -2.15. The molecule has 8 heteroatoms. The zero-order chi connectivity index (χ0) is 15.8. The van der Waals surface area contributed by atoms with Crippen LogP contribution in [0.3, 0.4) is 0 Å². The SMILES string of the molecule is CC(CC1CC1)NS(=O)(=O)c1cc(Br)c(Cl)c(C(=O)O)c1. The largest absolute Gasteiger partial charge is 0.478 e. The highest BCUT2D eigenvalue weighted by Gasteiger charge is 2.27. The summed E-state index contributed by atoms with van der Waals surface area (Å²) in [5, 5.41) is 9.05. The molecule has 0 spiro atoms. The molecule has 116 valence electrons. The van der Waals surface area contributed by atoms with Gasteiger partial charge in [-0.2, -0.15) is 0 Å². The summed E-state index contributed by atoms with van der Waals surface area (Å²) >= 11 is 8.94. The fourth-order valence-corrected chi connectivity index (χ4v) is 4.22. The lowest BCUT2D eigenvalue weighted by molar-refractivity contribution is 0.0696. The van der Waals surface area contributed by atoms with Crippen molar-refractivity contribution in [3.8, 4) is 0 Å². The van der Waals surface area contributed by atoms with E-state index in [-0.39, 0.29) is 26.0 Å². The summed E-state index contributed by atoms with van der Waals surface area (Å²) in [5.41, 5.74) is -0.249. The van der Waals surface area contributed by atoms with E-state index in [4.69, 9.17) is 16.7 Å². The Kier molecular flexibility index (Phi) is 4.97. The maximum atomic E-state index is 12.3. The standard InChI is InChI=1S/C13H15BrClNO4S/c1-7(4-8-2-3-8)16-21(19,20)9-5-10(13(17)18)12(15)11(14)6-9/h5-8,16H,2-4H2,1H3,(H,17,18). The van der Waals surface area contributed by atoms with E-state index in [1.807, 2.05) is 0 Å². The van der Waals surface area contributed by atoms with Gasteiger partial charge in [0, 0.05) is 10.5 Å². The van der Waals surface area contributed by atoms with Crippen molar-refractivity contribution < 1.29 is 18.3 Å². The second kappa shape index (κ2) is 6.24. The van der Waals surface area contributed by atoms with Gasteiger partial charge in [-0.05, 0) is 47.3 Å². The number of carboxylic acids is 1. The summed E-state index contributed by atoms with van der Waals surface area (Å²) in [6, 6.07) is 2.19. The Bertz CT molecular complexity index is 673. The van der Waals surface area contributed by atoms with Gasteiger partial charge in [0.1, 0.15) is 0 Å². The maximum Gasteiger partial charge on any atom is 0.337 e. The molecule has 0 radical (unpaired) electrons. The molecule has 0 bridgehead atoms. The van der Waals surface area contributed by atoms with Crippen LogP contribution in [-0.2, 0) is 10.0 Å². The van der Waals surface area contributed by atoms with Crippen LogP contribution in [0.2, 0.25) is 5.02 Å². The lowest BCUT2D eigenvalue weighted by atomic mass is 10.2. The first-order valence-corrected chi connectivity index (χ1v) is 9.11. The Labute approximate surface area is 136 Å². The Morgan fingerprint density at radius 3 is 2.67 bits per heavy atom. The van der Waals surface area contributed by atoms with Crippen molar-refractivity contribution in [1.29, 1.82) is 0 Å². The molecule has 21 heavy (non-hydrogen) atoms. The number of halogens is 2. The number of carboxylic acid groups (broad SMARTS) is 1. The molecule has 0 heterocycles. The van der Waals surface area contributed by atoms with Crippen LogP contribution in [0.25, 0.3) is 0 Å². The third kappa shape index (κ3) is 4.18. The van der Waals surface area contributed by atoms with Gasteiger partial charge in [-0.1, -0.05) is 24.4 Å². The quantitative estimate of drug-likeness (QED) is 0.773. The molecule has 1 aliphatic carbocycles. The Balaban J connectivity index is 2.28. The number of benzene rings is 1. The van der Waals surface area contributed by atoms with Crippen molar-refractivity contribution in [1.82, 2.24) is 4.72 Å². The van der Waals surface area contributed by atoms with Crippen LogP contribution in [0.15, 0.2) is 21.5 Å². The molecule has 1 unspecified atom stereocenters. The van der Waals surface area contributed by atoms with Crippen molar-refractivity contribution in [2.24, 2.45) is 5.92 Å². The summed E-state index contributed by atoms with van der Waals surface area (Å²) in [7, 11) is -3.77. The molecule has 0 aromatic heterocycles. The summed E-state index contributed by atoms with van der Waals surface area (Å²) in [6.45, 7) is 1.80. The topological polar surface area (TPSA) is 83.5 Å². The molecular formula is C13H15BrClNO4S. The highest BCUT2D eigenvalue weighted by molar-refractivity contribution is 9.10. The molecule has 0 aliphatic heterocycles. The second-order valence-electron chi connectivity index (χ2n) is 5.27. The van der Waals surface area contributed by atoms with Crippen LogP contribution in [0.4, 0.5) is 0 Å². The molecule has 1 saturated carbocycles. The van der Waals surface area contributed by atoms with Crippen molar-refractivity contribution in [2.45, 2.75) is 37.1 Å². The summed E-state index contributed by atoms with van der Waals surface area (Å²) in [4.78, 5) is 11.0. The van der Waals surface area contributed by atoms with Crippen LogP contribution in [0.1, 0.15) is 36.5 Å². The van der Waals surface area contributed by atoms with Crippen LogP contribution in [0, 0.1) is 5.92 Å². The number of hydrogen-bond donors (Lipinski definition) is 2. The fraction of sp³-hybridized carbons (Fsp3) is 0.462. The molecular weight excluding hydrogens is 382 g/mol. The summed E-state index contributed by atoms with van der Waals surface area (Å²) in [6.07, 6.45) is 3.07. The van der Waals surface area contributed by atoms with Crippen LogP contribution in [0.5, 0.6) is 0 Å². The molecule has 1 atom stereocenters. The van der Waals surface area contributed by atoms with E-state index in [0.29, 0.717) is 5.92 Å². The van der Waals surface area contributed by atoms with E-state index in [0.717, 1.165) is 25.3 Å². The Hall–Kier alpha value is -0.630. The average Bonchev–Trinajstić information content (AvgIpc) is 3.14. The minimum atomic E-state index is -3.77. The van der Waals surface area contributed by atoms with Crippen molar-refractivity contribution >= 4 is 43.5 Å². The van der Waals surface area contributed by atoms with E-state index in [9.17, 15) is 13.2 Å². The lowest BCUT2D eigenvalue weighted by Crippen LogP contribution is -2.33. The number of rotatable bonds is 6. The molecule has 1 aromatic rings. The second-order valence-corrected chi connectivity index (χ2v) is 8.22. The Morgan fingerprint density at radius 1 is 1.52 bits per heavy atom. The minimum absolute atomic E-state index is 0.0209. The number of sulfonamides is 1. The van der Waals surface area contributed by atoms with Gasteiger partial charge in [0.25, 0.3) is 0 Å². The normalized spacial score (nSPS) is 16.7. The highest BCUT2D eigenvalue weighted by atomic mass is 79.9. The molecule has 2 N–H and O–H groups in total. The van der Waals surface area contributed by atoms with E-state index in [1.165, 1.54) is 6.07 Å². The smallest absolute Gasteiger partial charge is 0.337 e. The monoisotopic (exact) mass is 395 g/mol. The van der Waals surface area contributed by atoms with Crippen LogP contribution >= 0.6 is 27.5 Å². The highest BCUT2D eigenvalue weighted by Crippen LogP contribution is 2.34. The van der Waals surface area contributed by atoms with Gasteiger partial charge < -0.3 is 5.11 Å². The predicted molar refractivity (Wildman–Crippen MR) is 83.2 cm³/mol. The molecule has 1 aromatic carbocycles. The van der Waals surface area contributed by atoms with Gasteiger partial charge in [0.2, 0.25) is 10.0 Å². The summed E-state index contributed by atoms with van der Waals surface area (Å²) < 4.78 is 27.4.